The molecule has 16 heavy (non-hydrogen) atoms. The van der Waals surface area contributed by atoms with E-state index in [2.05, 4.69) is 11.2 Å². The molecule has 1 atom stereocenters. The highest BCUT2D eigenvalue weighted by molar-refractivity contribution is 5.18. The van der Waals surface area contributed by atoms with Crippen LogP contribution in [0.15, 0.2) is 24.3 Å². The molecule has 86 valence electrons. The van der Waals surface area contributed by atoms with Crippen molar-refractivity contribution in [1.82, 2.24) is 5.32 Å². The first kappa shape index (κ1) is 12.7. The Balaban J connectivity index is 2.50. The molecule has 1 N–H and O–H groups in total. The third-order valence-corrected chi connectivity index (χ3v) is 2.71. The summed E-state index contributed by atoms with van der Waals surface area (Å²) in [6.45, 7) is 0. The average molecular weight is 219 g/mol. The summed E-state index contributed by atoms with van der Waals surface area (Å²) in [5, 5.41) is 3.20. The van der Waals surface area contributed by atoms with E-state index >= 15 is 0 Å². The highest BCUT2D eigenvalue weighted by atomic mass is 19.1. The van der Waals surface area contributed by atoms with Gasteiger partial charge < -0.3 is 5.32 Å². The molecule has 0 aliphatic rings. The molecule has 0 fully saturated rings. The Morgan fingerprint density at radius 3 is 2.81 bits per heavy atom. The predicted octanol–water partition coefficient (Wildman–Crippen LogP) is 2.76. The maximum Gasteiger partial charge on any atom is 0.126 e. The normalized spacial score (nSPS) is 12.1. The second-order valence-corrected chi connectivity index (χ2v) is 3.88. The van der Waals surface area contributed by atoms with Crippen LogP contribution in [0.5, 0.6) is 0 Å². The molecule has 0 spiro atoms. The zero-order valence-corrected chi connectivity index (χ0v) is 9.67. The van der Waals surface area contributed by atoms with Gasteiger partial charge in [-0.05, 0) is 37.9 Å². The Bertz CT molecular complexity index is 354. The summed E-state index contributed by atoms with van der Waals surface area (Å²) >= 11 is 0. The van der Waals surface area contributed by atoms with Crippen molar-refractivity contribution in [3.8, 4) is 12.3 Å². The number of likely N-dealkylation sites (N-methyl/N-ethyl adjacent to an activating group) is 1. The van der Waals surface area contributed by atoms with Crippen molar-refractivity contribution in [2.75, 3.05) is 7.05 Å². The van der Waals surface area contributed by atoms with E-state index in [4.69, 9.17) is 6.42 Å². The van der Waals surface area contributed by atoms with Gasteiger partial charge in [-0.2, -0.15) is 0 Å². The molecule has 1 nitrogen and oxygen atoms in total. The first-order valence-electron chi connectivity index (χ1n) is 5.62. The summed E-state index contributed by atoms with van der Waals surface area (Å²) in [7, 11) is 1.90. The van der Waals surface area contributed by atoms with Crippen LogP contribution in [0.2, 0.25) is 0 Å². The summed E-state index contributed by atoms with van der Waals surface area (Å²) in [6.07, 6.45) is 8.67. The summed E-state index contributed by atoms with van der Waals surface area (Å²) in [6, 6.07) is 7.22. The second kappa shape index (κ2) is 7.03. The van der Waals surface area contributed by atoms with Crippen molar-refractivity contribution in [3.63, 3.8) is 0 Å². The number of nitrogens with one attached hydrogen (secondary N) is 1. The molecule has 0 aliphatic carbocycles. The van der Waals surface area contributed by atoms with Gasteiger partial charge in [-0.1, -0.05) is 18.2 Å². The standard InChI is InChI=1S/C14H18FN/c1-3-4-5-9-13(16-2)11-12-8-6-7-10-14(12)15/h1,6-8,10,13,16H,4-5,9,11H2,2H3. The molecule has 0 amide bonds. The zero-order valence-electron chi connectivity index (χ0n) is 9.67. The Morgan fingerprint density at radius 1 is 1.44 bits per heavy atom. The molecule has 0 bridgehead atoms. The van der Waals surface area contributed by atoms with Gasteiger partial charge in [0, 0.05) is 12.5 Å². The summed E-state index contributed by atoms with van der Waals surface area (Å²) < 4.78 is 13.4. The lowest BCUT2D eigenvalue weighted by Crippen LogP contribution is -2.27. The Morgan fingerprint density at radius 2 is 2.19 bits per heavy atom. The first-order valence-corrected chi connectivity index (χ1v) is 5.62. The Kier molecular flexibility index (Phi) is 5.60. The summed E-state index contributed by atoms with van der Waals surface area (Å²) in [5.74, 6) is 2.50. The van der Waals surface area contributed by atoms with Crippen molar-refractivity contribution in [1.29, 1.82) is 0 Å². The van der Waals surface area contributed by atoms with Gasteiger partial charge in [-0.25, -0.2) is 4.39 Å². The fraction of sp³-hybridized carbons (Fsp3) is 0.429. The van der Waals surface area contributed by atoms with Crippen LogP contribution in [-0.4, -0.2) is 13.1 Å². The maximum absolute atomic E-state index is 13.4. The van der Waals surface area contributed by atoms with Gasteiger partial charge in [0.2, 0.25) is 0 Å². The number of halogens is 1. The SMILES string of the molecule is C#CCCCC(Cc1ccccc1F)NC. The lowest BCUT2D eigenvalue weighted by molar-refractivity contribution is 0.493. The minimum atomic E-state index is -0.125. The van der Waals surface area contributed by atoms with Crippen LogP contribution in [0.25, 0.3) is 0 Å². The van der Waals surface area contributed by atoms with Crippen LogP contribution in [0.1, 0.15) is 24.8 Å². The molecule has 1 unspecified atom stereocenters. The predicted molar refractivity (Wildman–Crippen MR) is 65.6 cm³/mol. The van der Waals surface area contributed by atoms with Gasteiger partial charge in [-0.3, -0.25) is 0 Å². The van der Waals surface area contributed by atoms with E-state index < -0.39 is 0 Å². The minimum absolute atomic E-state index is 0.125. The van der Waals surface area contributed by atoms with Gasteiger partial charge in [-0.15, -0.1) is 12.3 Å². The first-order chi connectivity index (χ1) is 7.77. The molecule has 2 heteroatoms. The molecule has 1 aromatic rings. The molecule has 1 rings (SSSR count). The van der Waals surface area contributed by atoms with E-state index in [9.17, 15) is 4.39 Å². The highest BCUT2D eigenvalue weighted by Crippen LogP contribution is 2.12. The van der Waals surface area contributed by atoms with Crippen molar-refractivity contribution in [2.24, 2.45) is 0 Å². The number of unbranched alkanes of at least 4 members (excludes halogenated alkanes) is 1. The van der Waals surface area contributed by atoms with Crippen molar-refractivity contribution < 1.29 is 4.39 Å². The Hall–Kier alpha value is -1.33. The van der Waals surface area contributed by atoms with Crippen LogP contribution >= 0.6 is 0 Å². The van der Waals surface area contributed by atoms with Crippen molar-refractivity contribution in [2.45, 2.75) is 31.7 Å². The molecule has 0 saturated heterocycles. The van der Waals surface area contributed by atoms with Gasteiger partial charge in [0.25, 0.3) is 0 Å². The van der Waals surface area contributed by atoms with E-state index in [1.54, 1.807) is 6.07 Å². The van der Waals surface area contributed by atoms with E-state index in [1.807, 2.05) is 19.2 Å². The number of terminal acetylenes is 1. The van der Waals surface area contributed by atoms with Gasteiger partial charge in [0.1, 0.15) is 5.82 Å². The topological polar surface area (TPSA) is 12.0 Å². The maximum atomic E-state index is 13.4. The largest absolute Gasteiger partial charge is 0.317 e. The van der Waals surface area contributed by atoms with E-state index in [0.717, 1.165) is 24.8 Å². The monoisotopic (exact) mass is 219 g/mol. The molecule has 1 aromatic carbocycles. The van der Waals surface area contributed by atoms with Crippen molar-refractivity contribution >= 4 is 0 Å². The van der Waals surface area contributed by atoms with Gasteiger partial charge in [0.15, 0.2) is 0 Å². The van der Waals surface area contributed by atoms with E-state index in [1.165, 1.54) is 6.07 Å². The van der Waals surface area contributed by atoms with Crippen LogP contribution in [-0.2, 0) is 6.42 Å². The Labute approximate surface area is 97.1 Å². The van der Waals surface area contributed by atoms with Gasteiger partial charge >= 0.3 is 0 Å². The van der Waals surface area contributed by atoms with E-state index in [0.29, 0.717) is 12.5 Å². The molecule has 0 heterocycles. The average Bonchev–Trinajstić information content (AvgIpc) is 2.30. The van der Waals surface area contributed by atoms with Crippen LogP contribution in [0, 0.1) is 18.2 Å². The molecular weight excluding hydrogens is 201 g/mol. The quantitative estimate of drug-likeness (QED) is 0.573. The molecule has 0 saturated carbocycles. The lowest BCUT2D eigenvalue weighted by atomic mass is 10.0. The fourth-order valence-electron chi connectivity index (χ4n) is 1.73. The molecule has 0 aromatic heterocycles. The number of rotatable bonds is 6. The van der Waals surface area contributed by atoms with Gasteiger partial charge in [0.05, 0.1) is 0 Å². The van der Waals surface area contributed by atoms with E-state index in [-0.39, 0.29) is 5.82 Å². The lowest BCUT2D eigenvalue weighted by Gasteiger charge is -2.15. The smallest absolute Gasteiger partial charge is 0.126 e. The molecular formula is C14H18FN. The molecule has 0 radical (unpaired) electrons. The van der Waals surface area contributed by atoms with Crippen molar-refractivity contribution in [3.05, 3.63) is 35.6 Å². The molecule has 0 aliphatic heterocycles. The zero-order chi connectivity index (χ0) is 11.8. The highest BCUT2D eigenvalue weighted by Gasteiger charge is 2.09. The number of benzene rings is 1. The summed E-state index contributed by atoms with van der Waals surface area (Å²) in [4.78, 5) is 0. The minimum Gasteiger partial charge on any atom is -0.317 e. The van der Waals surface area contributed by atoms with Crippen LogP contribution in [0.4, 0.5) is 4.39 Å². The third kappa shape index (κ3) is 4.04. The van der Waals surface area contributed by atoms with Crippen LogP contribution < -0.4 is 5.32 Å². The second-order valence-electron chi connectivity index (χ2n) is 3.88. The number of hydrogen-bond donors (Lipinski definition) is 1. The number of hydrogen-bond acceptors (Lipinski definition) is 1. The summed E-state index contributed by atoms with van der Waals surface area (Å²) in [5.41, 5.74) is 0.766. The van der Waals surface area contributed by atoms with Crippen LogP contribution in [0.3, 0.4) is 0 Å². The third-order valence-electron chi connectivity index (χ3n) is 2.71. The fourth-order valence-corrected chi connectivity index (χ4v) is 1.73.